The van der Waals surface area contributed by atoms with E-state index in [1.54, 1.807) is 0 Å². The van der Waals surface area contributed by atoms with Gasteiger partial charge in [0.05, 0.1) is 0 Å². The maximum Gasteiger partial charge on any atom is 0.0175 e. The van der Waals surface area contributed by atoms with Gasteiger partial charge in [0.2, 0.25) is 0 Å². The Kier molecular flexibility index (Phi) is 3.68. The number of hydrogen-bond acceptors (Lipinski definition) is 2. The van der Waals surface area contributed by atoms with Crippen LogP contribution in [0.1, 0.15) is 59.3 Å². The Morgan fingerprint density at radius 3 is 2.47 bits per heavy atom. The summed E-state index contributed by atoms with van der Waals surface area (Å²) in [7, 11) is 0. The molecule has 110 valence electrons. The van der Waals surface area contributed by atoms with Gasteiger partial charge in [-0.05, 0) is 61.9 Å². The van der Waals surface area contributed by atoms with Gasteiger partial charge in [-0.15, -0.1) is 0 Å². The molecule has 0 aromatic heterocycles. The van der Waals surface area contributed by atoms with Crippen LogP contribution in [0.4, 0.5) is 0 Å². The topological polar surface area (TPSA) is 15.3 Å². The lowest BCUT2D eigenvalue weighted by Crippen LogP contribution is -2.52. The van der Waals surface area contributed by atoms with Crippen molar-refractivity contribution >= 4 is 0 Å². The minimum absolute atomic E-state index is 0.509. The molecule has 0 amide bonds. The number of rotatable bonds is 4. The quantitative estimate of drug-likeness (QED) is 0.838. The summed E-state index contributed by atoms with van der Waals surface area (Å²) in [5, 5.41) is 3.95. The maximum atomic E-state index is 3.95. The summed E-state index contributed by atoms with van der Waals surface area (Å²) in [5.41, 5.74) is 1.09. The van der Waals surface area contributed by atoms with Gasteiger partial charge >= 0.3 is 0 Å². The van der Waals surface area contributed by atoms with Crippen LogP contribution in [-0.4, -0.2) is 37.1 Å². The van der Waals surface area contributed by atoms with E-state index in [-0.39, 0.29) is 0 Å². The molecule has 2 heteroatoms. The molecule has 2 bridgehead atoms. The van der Waals surface area contributed by atoms with E-state index in [9.17, 15) is 0 Å². The van der Waals surface area contributed by atoms with Crippen LogP contribution in [0.5, 0.6) is 0 Å². The summed E-state index contributed by atoms with van der Waals surface area (Å²) in [6, 6.07) is 0.739. The smallest absolute Gasteiger partial charge is 0.0175 e. The molecule has 3 atom stereocenters. The second-order valence-electron chi connectivity index (χ2n) is 8.20. The van der Waals surface area contributed by atoms with E-state index >= 15 is 0 Å². The molecule has 0 aromatic rings. The van der Waals surface area contributed by atoms with Gasteiger partial charge in [0.1, 0.15) is 0 Å². The summed E-state index contributed by atoms with van der Waals surface area (Å²) in [5.74, 6) is 0.963. The van der Waals surface area contributed by atoms with E-state index in [0.717, 1.165) is 12.0 Å². The van der Waals surface area contributed by atoms with Gasteiger partial charge in [-0.2, -0.15) is 0 Å². The molecule has 3 aliphatic rings. The predicted octanol–water partition coefficient (Wildman–Crippen LogP) is 3.28. The van der Waals surface area contributed by atoms with Crippen molar-refractivity contribution in [2.75, 3.05) is 26.2 Å². The van der Waals surface area contributed by atoms with E-state index in [1.807, 2.05) is 0 Å². The van der Waals surface area contributed by atoms with Crippen molar-refractivity contribution in [3.8, 4) is 0 Å². The van der Waals surface area contributed by atoms with Crippen molar-refractivity contribution in [1.29, 1.82) is 0 Å². The molecule has 1 heterocycles. The molecule has 2 aliphatic carbocycles. The molecule has 19 heavy (non-hydrogen) atoms. The molecule has 1 saturated heterocycles. The van der Waals surface area contributed by atoms with Crippen molar-refractivity contribution in [3.63, 3.8) is 0 Å². The highest BCUT2D eigenvalue weighted by Crippen LogP contribution is 2.62. The second kappa shape index (κ2) is 5.04. The lowest BCUT2D eigenvalue weighted by Gasteiger charge is -2.43. The van der Waals surface area contributed by atoms with E-state index < -0.39 is 0 Å². The number of piperidine rings is 1. The zero-order valence-electron chi connectivity index (χ0n) is 13.2. The third-order valence-electron chi connectivity index (χ3n) is 6.49. The van der Waals surface area contributed by atoms with E-state index in [4.69, 9.17) is 0 Å². The molecular weight excluding hydrogens is 232 g/mol. The van der Waals surface area contributed by atoms with Crippen LogP contribution in [0.15, 0.2) is 0 Å². The van der Waals surface area contributed by atoms with Crippen LogP contribution in [0.2, 0.25) is 0 Å². The van der Waals surface area contributed by atoms with Crippen LogP contribution < -0.4 is 5.32 Å². The van der Waals surface area contributed by atoms with Gasteiger partial charge in [-0.1, -0.05) is 27.2 Å². The summed E-state index contributed by atoms with van der Waals surface area (Å²) >= 11 is 0. The highest BCUT2D eigenvalue weighted by molar-refractivity contribution is 5.11. The van der Waals surface area contributed by atoms with Gasteiger partial charge in [0.15, 0.2) is 0 Å². The number of nitrogens with zero attached hydrogens (tertiary/aromatic N) is 1. The lowest BCUT2D eigenvalue weighted by atomic mass is 9.68. The van der Waals surface area contributed by atoms with Crippen LogP contribution in [0.3, 0.4) is 0 Å². The van der Waals surface area contributed by atoms with E-state index in [0.29, 0.717) is 10.8 Å². The minimum atomic E-state index is 0.509. The fourth-order valence-corrected chi connectivity index (χ4v) is 5.36. The van der Waals surface area contributed by atoms with Crippen LogP contribution in [0.25, 0.3) is 0 Å². The number of fused-ring (bicyclic) bond motifs is 2. The standard InChI is InChI=1S/C17H32N2/c1-16(2)14-7-8-17(3,13-14)15(16)18-9-12-19-10-5-4-6-11-19/h14-15,18H,4-13H2,1-3H3/t14-,15?,17+/m0/s1. The lowest BCUT2D eigenvalue weighted by molar-refractivity contribution is 0.104. The largest absolute Gasteiger partial charge is 0.312 e. The summed E-state index contributed by atoms with van der Waals surface area (Å²) in [4.78, 5) is 2.65. The molecule has 1 N–H and O–H groups in total. The zero-order valence-corrected chi connectivity index (χ0v) is 13.2. The van der Waals surface area contributed by atoms with Crippen molar-refractivity contribution in [2.24, 2.45) is 16.7 Å². The fraction of sp³-hybridized carbons (Fsp3) is 1.00. The number of hydrogen-bond donors (Lipinski definition) is 1. The molecule has 3 rings (SSSR count). The van der Waals surface area contributed by atoms with Crippen LogP contribution in [0, 0.1) is 16.7 Å². The first-order valence-corrected chi connectivity index (χ1v) is 8.48. The first-order valence-electron chi connectivity index (χ1n) is 8.48. The number of nitrogens with one attached hydrogen (secondary N) is 1. The number of likely N-dealkylation sites (tertiary alicyclic amines) is 1. The minimum Gasteiger partial charge on any atom is -0.312 e. The first kappa shape index (κ1) is 13.9. The summed E-state index contributed by atoms with van der Waals surface area (Å²) < 4.78 is 0. The molecule has 0 spiro atoms. The molecule has 1 unspecified atom stereocenters. The van der Waals surface area contributed by atoms with Crippen LogP contribution >= 0.6 is 0 Å². The van der Waals surface area contributed by atoms with Crippen LogP contribution in [-0.2, 0) is 0 Å². The van der Waals surface area contributed by atoms with E-state index in [1.165, 1.54) is 64.7 Å². The molecule has 3 fully saturated rings. The normalized spacial score (nSPS) is 41.8. The SMILES string of the molecule is CC1(C)C(NCCN2CCCCC2)[C@]2(C)CC[C@H]1C2. The average Bonchev–Trinajstić information content (AvgIpc) is 2.86. The maximum absolute atomic E-state index is 3.95. The van der Waals surface area contributed by atoms with Crippen molar-refractivity contribution in [2.45, 2.75) is 65.3 Å². The molecule has 2 nitrogen and oxygen atoms in total. The third kappa shape index (κ3) is 2.47. The Bertz CT molecular complexity index is 314. The van der Waals surface area contributed by atoms with E-state index in [2.05, 4.69) is 31.0 Å². The molecule has 0 radical (unpaired) electrons. The monoisotopic (exact) mass is 264 g/mol. The Morgan fingerprint density at radius 1 is 1.11 bits per heavy atom. The predicted molar refractivity (Wildman–Crippen MR) is 81.3 cm³/mol. The molecule has 1 aliphatic heterocycles. The van der Waals surface area contributed by atoms with Gasteiger partial charge in [-0.25, -0.2) is 0 Å². The first-order chi connectivity index (χ1) is 9.02. The van der Waals surface area contributed by atoms with Gasteiger partial charge in [-0.3, -0.25) is 0 Å². The van der Waals surface area contributed by atoms with Gasteiger partial charge in [0, 0.05) is 19.1 Å². The Balaban J connectivity index is 1.52. The van der Waals surface area contributed by atoms with Crippen molar-refractivity contribution in [1.82, 2.24) is 10.2 Å². The highest BCUT2D eigenvalue weighted by Gasteiger charge is 2.58. The zero-order chi connectivity index (χ0) is 13.5. The Labute approximate surface area is 119 Å². The Hall–Kier alpha value is -0.0800. The average molecular weight is 264 g/mol. The molecule has 2 saturated carbocycles. The summed E-state index contributed by atoms with van der Waals surface area (Å²) in [6.45, 7) is 12.6. The van der Waals surface area contributed by atoms with Crippen molar-refractivity contribution < 1.29 is 0 Å². The second-order valence-corrected chi connectivity index (χ2v) is 8.20. The van der Waals surface area contributed by atoms with Gasteiger partial charge in [0.25, 0.3) is 0 Å². The summed E-state index contributed by atoms with van der Waals surface area (Å²) in [6.07, 6.45) is 8.64. The Morgan fingerprint density at radius 2 is 1.84 bits per heavy atom. The highest BCUT2D eigenvalue weighted by atomic mass is 15.1. The van der Waals surface area contributed by atoms with Crippen molar-refractivity contribution in [3.05, 3.63) is 0 Å². The third-order valence-corrected chi connectivity index (χ3v) is 6.49. The fourth-order valence-electron chi connectivity index (χ4n) is 5.36. The molecular formula is C17H32N2. The molecule has 0 aromatic carbocycles. The van der Waals surface area contributed by atoms with Gasteiger partial charge < -0.3 is 10.2 Å².